The van der Waals surface area contributed by atoms with Crippen LogP contribution >= 0.6 is 0 Å². The molecule has 1 aliphatic rings. The summed E-state index contributed by atoms with van der Waals surface area (Å²) in [5, 5.41) is 6.07. The van der Waals surface area contributed by atoms with E-state index in [1.54, 1.807) is 11.1 Å². The molecule has 3 rings (SSSR count). The van der Waals surface area contributed by atoms with Gasteiger partial charge in [0.15, 0.2) is 0 Å². The molecule has 1 atom stereocenters. The van der Waals surface area contributed by atoms with Gasteiger partial charge in [-0.05, 0) is 56.4 Å². The zero-order valence-corrected chi connectivity index (χ0v) is 17.4. The highest BCUT2D eigenvalue weighted by Crippen LogP contribution is 2.27. The van der Waals surface area contributed by atoms with Crippen LogP contribution in [0.25, 0.3) is 0 Å². The highest BCUT2D eigenvalue weighted by Gasteiger charge is 2.30. The van der Waals surface area contributed by atoms with Crippen molar-refractivity contribution in [2.24, 2.45) is 5.92 Å². The van der Waals surface area contributed by atoms with Gasteiger partial charge in [-0.3, -0.25) is 9.78 Å². The molecule has 1 unspecified atom stereocenters. The lowest BCUT2D eigenvalue weighted by Gasteiger charge is -2.32. The van der Waals surface area contributed by atoms with E-state index in [0.717, 1.165) is 22.4 Å². The first-order valence-electron chi connectivity index (χ1n) is 10.3. The van der Waals surface area contributed by atoms with Gasteiger partial charge in [-0.15, -0.1) is 0 Å². The molecule has 154 valence electrons. The smallest absolute Gasteiger partial charge is 0.317 e. The van der Waals surface area contributed by atoms with E-state index >= 15 is 0 Å². The minimum Gasteiger partial charge on any atom is -0.343 e. The SMILES string of the molecule is CCNC(=O)N1CCC(C(=O)NC(c2ccccc2C)c2ncccc2C)CC1. The second-order valence-corrected chi connectivity index (χ2v) is 7.60. The number of urea groups is 1. The Balaban J connectivity index is 1.75. The second kappa shape index (κ2) is 9.54. The average Bonchev–Trinajstić information content (AvgIpc) is 2.73. The van der Waals surface area contributed by atoms with Crippen LogP contribution in [0.1, 0.15) is 48.2 Å². The van der Waals surface area contributed by atoms with Crippen molar-refractivity contribution in [1.82, 2.24) is 20.5 Å². The number of likely N-dealkylation sites (tertiary alicyclic amines) is 1. The molecule has 0 spiro atoms. The lowest BCUT2D eigenvalue weighted by molar-refractivity contribution is -0.126. The first-order valence-corrected chi connectivity index (χ1v) is 10.3. The van der Waals surface area contributed by atoms with Crippen LogP contribution in [0.15, 0.2) is 42.6 Å². The Bertz CT molecular complexity index is 814. The van der Waals surface area contributed by atoms with Crippen molar-refractivity contribution in [3.8, 4) is 0 Å². The van der Waals surface area contributed by atoms with Gasteiger partial charge in [0, 0.05) is 31.7 Å². The van der Waals surface area contributed by atoms with Crippen LogP contribution in [0.5, 0.6) is 0 Å². The van der Waals surface area contributed by atoms with E-state index in [1.165, 1.54) is 0 Å². The molecule has 1 aromatic heterocycles. The molecule has 2 heterocycles. The van der Waals surface area contributed by atoms with Crippen LogP contribution in [0.3, 0.4) is 0 Å². The highest BCUT2D eigenvalue weighted by atomic mass is 16.2. The number of nitrogens with zero attached hydrogens (tertiary/aromatic N) is 2. The number of aromatic nitrogens is 1. The third-order valence-electron chi connectivity index (χ3n) is 5.59. The molecule has 2 N–H and O–H groups in total. The molecule has 29 heavy (non-hydrogen) atoms. The fourth-order valence-electron chi connectivity index (χ4n) is 3.87. The maximum absolute atomic E-state index is 13.1. The summed E-state index contributed by atoms with van der Waals surface area (Å²) >= 11 is 0. The molecule has 3 amide bonds. The van der Waals surface area contributed by atoms with E-state index < -0.39 is 0 Å². The molecule has 1 aliphatic heterocycles. The van der Waals surface area contributed by atoms with Gasteiger partial charge in [-0.2, -0.15) is 0 Å². The molecule has 6 nitrogen and oxygen atoms in total. The van der Waals surface area contributed by atoms with Gasteiger partial charge < -0.3 is 15.5 Å². The maximum atomic E-state index is 13.1. The number of benzene rings is 1. The number of hydrogen-bond donors (Lipinski definition) is 2. The summed E-state index contributed by atoms with van der Waals surface area (Å²) < 4.78 is 0. The third kappa shape index (κ3) is 4.94. The Morgan fingerprint density at radius 1 is 1.10 bits per heavy atom. The van der Waals surface area contributed by atoms with E-state index in [9.17, 15) is 9.59 Å². The number of amides is 3. The monoisotopic (exact) mass is 394 g/mol. The fourth-order valence-corrected chi connectivity index (χ4v) is 3.87. The molecule has 1 saturated heterocycles. The summed E-state index contributed by atoms with van der Waals surface area (Å²) in [5.74, 6) is -0.0740. The molecular weight excluding hydrogens is 364 g/mol. The van der Waals surface area contributed by atoms with Gasteiger partial charge in [-0.25, -0.2) is 4.79 Å². The van der Waals surface area contributed by atoms with E-state index in [1.807, 2.05) is 44.2 Å². The van der Waals surface area contributed by atoms with Crippen LogP contribution in [0, 0.1) is 19.8 Å². The molecule has 2 aromatic rings. The molecule has 1 fully saturated rings. The Kier molecular flexibility index (Phi) is 6.86. The number of piperidine rings is 1. The summed E-state index contributed by atoms with van der Waals surface area (Å²) in [6, 6.07) is 11.7. The quantitative estimate of drug-likeness (QED) is 0.817. The number of hydrogen-bond acceptors (Lipinski definition) is 3. The van der Waals surface area contributed by atoms with Crippen LogP contribution in [0.2, 0.25) is 0 Å². The van der Waals surface area contributed by atoms with Crippen LogP contribution in [0.4, 0.5) is 4.79 Å². The lowest BCUT2D eigenvalue weighted by atomic mass is 9.92. The summed E-state index contributed by atoms with van der Waals surface area (Å²) in [4.78, 5) is 31.5. The van der Waals surface area contributed by atoms with Crippen molar-refractivity contribution in [3.05, 3.63) is 65.0 Å². The number of pyridine rings is 1. The van der Waals surface area contributed by atoms with Gasteiger partial charge in [0.2, 0.25) is 5.91 Å². The van der Waals surface area contributed by atoms with Gasteiger partial charge >= 0.3 is 6.03 Å². The summed E-state index contributed by atoms with van der Waals surface area (Å²) in [7, 11) is 0. The van der Waals surface area contributed by atoms with Crippen molar-refractivity contribution in [2.75, 3.05) is 19.6 Å². The molecule has 0 radical (unpaired) electrons. The van der Waals surface area contributed by atoms with Crippen molar-refractivity contribution >= 4 is 11.9 Å². The zero-order valence-electron chi connectivity index (χ0n) is 17.4. The average molecular weight is 395 g/mol. The number of nitrogens with one attached hydrogen (secondary N) is 2. The summed E-state index contributed by atoms with van der Waals surface area (Å²) in [6.07, 6.45) is 3.11. The maximum Gasteiger partial charge on any atom is 0.317 e. The standard InChI is InChI=1S/C23H30N4O2/c1-4-24-23(29)27-14-11-18(12-15-27)22(28)26-21(19-10-6-5-8-16(19)2)20-17(3)9-7-13-25-20/h5-10,13,18,21H,4,11-12,14-15H2,1-3H3,(H,24,29)(H,26,28). The van der Waals surface area contributed by atoms with Gasteiger partial charge in [0.1, 0.15) is 0 Å². The molecule has 6 heteroatoms. The number of carbonyl (C=O) groups excluding carboxylic acids is 2. The van der Waals surface area contributed by atoms with Crippen molar-refractivity contribution < 1.29 is 9.59 Å². The molecule has 0 aliphatic carbocycles. The van der Waals surface area contributed by atoms with Crippen molar-refractivity contribution in [3.63, 3.8) is 0 Å². The van der Waals surface area contributed by atoms with Crippen molar-refractivity contribution in [2.45, 2.75) is 39.7 Å². The molecular formula is C23H30N4O2. The van der Waals surface area contributed by atoms with E-state index in [0.29, 0.717) is 32.5 Å². The zero-order chi connectivity index (χ0) is 20.8. The molecule has 0 saturated carbocycles. The number of aryl methyl sites for hydroxylation is 2. The highest BCUT2D eigenvalue weighted by molar-refractivity contribution is 5.80. The minimum atomic E-state index is -0.286. The van der Waals surface area contributed by atoms with E-state index in [2.05, 4.69) is 28.6 Å². The van der Waals surface area contributed by atoms with Gasteiger partial charge in [-0.1, -0.05) is 30.3 Å². The predicted molar refractivity (Wildman–Crippen MR) is 114 cm³/mol. The van der Waals surface area contributed by atoms with E-state index in [-0.39, 0.29) is 23.9 Å². The minimum absolute atomic E-state index is 0.0267. The van der Waals surface area contributed by atoms with Crippen molar-refractivity contribution in [1.29, 1.82) is 0 Å². The third-order valence-corrected chi connectivity index (χ3v) is 5.59. The Morgan fingerprint density at radius 3 is 2.45 bits per heavy atom. The molecule has 0 bridgehead atoms. The lowest BCUT2D eigenvalue weighted by Crippen LogP contribution is -2.47. The first-order chi connectivity index (χ1) is 14.0. The first kappa shape index (κ1) is 20.8. The second-order valence-electron chi connectivity index (χ2n) is 7.60. The normalized spacial score (nSPS) is 15.6. The van der Waals surface area contributed by atoms with Gasteiger partial charge in [0.25, 0.3) is 0 Å². The Morgan fingerprint density at radius 2 is 1.79 bits per heavy atom. The fraction of sp³-hybridized carbons (Fsp3) is 0.435. The van der Waals surface area contributed by atoms with Gasteiger partial charge in [0.05, 0.1) is 11.7 Å². The Hall–Kier alpha value is -2.89. The van der Waals surface area contributed by atoms with Crippen LogP contribution < -0.4 is 10.6 Å². The largest absolute Gasteiger partial charge is 0.343 e. The Labute approximate surface area is 172 Å². The number of rotatable bonds is 5. The van der Waals surface area contributed by atoms with E-state index in [4.69, 9.17) is 0 Å². The number of carbonyl (C=O) groups is 2. The topological polar surface area (TPSA) is 74.3 Å². The summed E-state index contributed by atoms with van der Waals surface area (Å²) in [5.41, 5.74) is 4.10. The summed E-state index contributed by atoms with van der Waals surface area (Å²) in [6.45, 7) is 7.79. The van der Waals surface area contributed by atoms with Crippen LogP contribution in [-0.4, -0.2) is 41.5 Å². The van der Waals surface area contributed by atoms with Crippen LogP contribution in [-0.2, 0) is 4.79 Å². The molecule has 1 aromatic carbocycles. The predicted octanol–water partition coefficient (Wildman–Crippen LogP) is 3.35.